The zero-order valence-corrected chi connectivity index (χ0v) is 11.2. The van der Waals surface area contributed by atoms with Gasteiger partial charge < -0.3 is 14.6 Å². The average molecular weight is 258 g/mol. The van der Waals surface area contributed by atoms with Crippen molar-refractivity contribution in [3.8, 4) is 0 Å². The molecule has 5 nitrogen and oxygen atoms in total. The molecule has 1 amide bonds. The number of amides is 1. The summed E-state index contributed by atoms with van der Waals surface area (Å²) >= 11 is 0. The first kappa shape index (κ1) is 12.2. The van der Waals surface area contributed by atoms with Crippen molar-refractivity contribution in [1.82, 2.24) is 19.6 Å². The van der Waals surface area contributed by atoms with E-state index in [1.54, 1.807) is 6.20 Å². The van der Waals surface area contributed by atoms with Gasteiger partial charge in [-0.3, -0.25) is 4.79 Å². The molecule has 2 aromatic rings. The first-order chi connectivity index (χ1) is 9.13. The Labute approximate surface area is 112 Å². The molecule has 0 spiro atoms. The SMILES string of the molecule is CC1CN(C(=O)c2ccc3nccn3c2)CC(C)N1. The molecule has 1 saturated heterocycles. The summed E-state index contributed by atoms with van der Waals surface area (Å²) in [5.74, 6) is 0.0933. The number of hydrogen-bond donors (Lipinski definition) is 1. The normalized spacial score (nSPS) is 23.8. The monoisotopic (exact) mass is 258 g/mol. The molecule has 0 aliphatic carbocycles. The van der Waals surface area contributed by atoms with Crippen LogP contribution in [0.1, 0.15) is 24.2 Å². The summed E-state index contributed by atoms with van der Waals surface area (Å²) in [4.78, 5) is 18.6. The summed E-state index contributed by atoms with van der Waals surface area (Å²) in [7, 11) is 0. The molecule has 3 heterocycles. The highest BCUT2D eigenvalue weighted by Crippen LogP contribution is 2.11. The number of carbonyl (C=O) groups is 1. The fourth-order valence-corrected chi connectivity index (χ4v) is 2.72. The van der Waals surface area contributed by atoms with Gasteiger partial charge in [-0.05, 0) is 26.0 Å². The molecule has 1 N–H and O–H groups in total. The number of nitrogens with one attached hydrogen (secondary N) is 1. The third kappa shape index (κ3) is 2.33. The van der Waals surface area contributed by atoms with Crippen LogP contribution in [0, 0.1) is 0 Å². The van der Waals surface area contributed by atoms with Crippen molar-refractivity contribution in [3.05, 3.63) is 36.3 Å². The van der Waals surface area contributed by atoms with Gasteiger partial charge in [0.1, 0.15) is 5.65 Å². The molecule has 1 aliphatic rings. The second kappa shape index (κ2) is 4.66. The van der Waals surface area contributed by atoms with Crippen LogP contribution in [0.4, 0.5) is 0 Å². The first-order valence-electron chi connectivity index (χ1n) is 6.61. The highest BCUT2D eigenvalue weighted by molar-refractivity contribution is 5.94. The van der Waals surface area contributed by atoms with Gasteiger partial charge in [0.15, 0.2) is 0 Å². The number of pyridine rings is 1. The van der Waals surface area contributed by atoms with Crippen LogP contribution in [0.15, 0.2) is 30.7 Å². The predicted octanol–water partition coefficient (Wildman–Crippen LogP) is 1.16. The number of piperazine rings is 1. The van der Waals surface area contributed by atoms with Gasteiger partial charge in [0, 0.05) is 43.8 Å². The highest BCUT2D eigenvalue weighted by atomic mass is 16.2. The lowest BCUT2D eigenvalue weighted by Crippen LogP contribution is -2.55. The van der Waals surface area contributed by atoms with Gasteiger partial charge in [0.25, 0.3) is 5.91 Å². The van der Waals surface area contributed by atoms with E-state index >= 15 is 0 Å². The molecule has 2 aromatic heterocycles. The van der Waals surface area contributed by atoms with Crippen LogP contribution >= 0.6 is 0 Å². The van der Waals surface area contributed by atoms with Crippen LogP contribution < -0.4 is 5.32 Å². The number of imidazole rings is 1. The topological polar surface area (TPSA) is 49.6 Å². The summed E-state index contributed by atoms with van der Waals surface area (Å²) in [6, 6.07) is 4.40. The largest absolute Gasteiger partial charge is 0.335 e. The number of aromatic nitrogens is 2. The Kier molecular flexibility index (Phi) is 2.98. The Morgan fingerprint density at radius 2 is 2.05 bits per heavy atom. The molecule has 100 valence electrons. The van der Waals surface area contributed by atoms with Crippen molar-refractivity contribution < 1.29 is 4.79 Å². The van der Waals surface area contributed by atoms with E-state index in [2.05, 4.69) is 24.1 Å². The van der Waals surface area contributed by atoms with E-state index in [4.69, 9.17) is 0 Å². The molecule has 2 unspecified atom stereocenters. The van der Waals surface area contributed by atoms with E-state index in [1.807, 2.05) is 33.8 Å². The van der Waals surface area contributed by atoms with Crippen LogP contribution in [-0.4, -0.2) is 45.4 Å². The Bertz CT molecular complexity index is 596. The van der Waals surface area contributed by atoms with Crippen molar-refractivity contribution in [2.24, 2.45) is 0 Å². The van der Waals surface area contributed by atoms with Gasteiger partial charge >= 0.3 is 0 Å². The van der Waals surface area contributed by atoms with Gasteiger partial charge in [-0.25, -0.2) is 4.98 Å². The van der Waals surface area contributed by atoms with Crippen molar-refractivity contribution in [2.45, 2.75) is 25.9 Å². The minimum Gasteiger partial charge on any atom is -0.335 e. The van der Waals surface area contributed by atoms with Crippen molar-refractivity contribution >= 4 is 11.6 Å². The third-order valence-electron chi connectivity index (χ3n) is 3.48. The Balaban J connectivity index is 1.86. The summed E-state index contributed by atoms with van der Waals surface area (Å²) < 4.78 is 1.88. The highest BCUT2D eigenvalue weighted by Gasteiger charge is 2.25. The second-order valence-electron chi connectivity index (χ2n) is 5.29. The molecule has 5 heteroatoms. The summed E-state index contributed by atoms with van der Waals surface area (Å²) in [5, 5.41) is 3.43. The number of fused-ring (bicyclic) bond motifs is 1. The average Bonchev–Trinajstić information content (AvgIpc) is 2.83. The van der Waals surface area contributed by atoms with Crippen LogP contribution in [-0.2, 0) is 0 Å². The molecule has 1 aliphatic heterocycles. The molecular weight excluding hydrogens is 240 g/mol. The van der Waals surface area contributed by atoms with E-state index in [0.29, 0.717) is 17.6 Å². The quantitative estimate of drug-likeness (QED) is 0.835. The van der Waals surface area contributed by atoms with Crippen LogP contribution in [0.25, 0.3) is 5.65 Å². The first-order valence-corrected chi connectivity index (χ1v) is 6.61. The lowest BCUT2D eigenvalue weighted by atomic mass is 10.1. The van der Waals surface area contributed by atoms with E-state index < -0.39 is 0 Å². The zero-order chi connectivity index (χ0) is 13.4. The zero-order valence-electron chi connectivity index (χ0n) is 11.2. The van der Waals surface area contributed by atoms with Gasteiger partial charge in [0.2, 0.25) is 0 Å². The Hall–Kier alpha value is -1.88. The maximum Gasteiger partial charge on any atom is 0.255 e. The summed E-state index contributed by atoms with van der Waals surface area (Å²) in [5.41, 5.74) is 1.57. The lowest BCUT2D eigenvalue weighted by Gasteiger charge is -2.36. The van der Waals surface area contributed by atoms with Crippen molar-refractivity contribution in [1.29, 1.82) is 0 Å². The van der Waals surface area contributed by atoms with E-state index in [0.717, 1.165) is 18.7 Å². The fraction of sp³-hybridized carbons (Fsp3) is 0.429. The van der Waals surface area contributed by atoms with E-state index in [9.17, 15) is 4.79 Å². The Morgan fingerprint density at radius 1 is 1.32 bits per heavy atom. The molecule has 0 aromatic carbocycles. The van der Waals surface area contributed by atoms with Crippen molar-refractivity contribution in [2.75, 3.05) is 13.1 Å². The molecule has 0 saturated carbocycles. The van der Waals surface area contributed by atoms with Crippen LogP contribution in [0.5, 0.6) is 0 Å². The standard InChI is InChI=1S/C14H18N4O/c1-10-7-18(8-11(2)16-10)14(19)12-3-4-13-15-5-6-17(13)9-12/h3-6,9-11,16H,7-8H2,1-2H3. The number of nitrogens with zero attached hydrogens (tertiary/aromatic N) is 3. The predicted molar refractivity (Wildman–Crippen MR) is 73.2 cm³/mol. The van der Waals surface area contributed by atoms with Crippen molar-refractivity contribution in [3.63, 3.8) is 0 Å². The van der Waals surface area contributed by atoms with Gasteiger partial charge in [-0.1, -0.05) is 0 Å². The summed E-state index contributed by atoms with van der Waals surface area (Å²) in [6.07, 6.45) is 5.44. The number of carbonyl (C=O) groups excluding carboxylic acids is 1. The van der Waals surface area contributed by atoms with Gasteiger partial charge in [-0.15, -0.1) is 0 Å². The lowest BCUT2D eigenvalue weighted by molar-refractivity contribution is 0.0673. The molecule has 2 atom stereocenters. The summed E-state index contributed by atoms with van der Waals surface area (Å²) in [6.45, 7) is 5.72. The second-order valence-corrected chi connectivity index (χ2v) is 5.29. The third-order valence-corrected chi connectivity index (χ3v) is 3.48. The van der Waals surface area contributed by atoms with E-state index in [-0.39, 0.29) is 5.91 Å². The molecule has 1 fully saturated rings. The Morgan fingerprint density at radius 3 is 2.79 bits per heavy atom. The van der Waals surface area contributed by atoms with Gasteiger partial charge in [0.05, 0.1) is 5.56 Å². The molecule has 19 heavy (non-hydrogen) atoms. The maximum absolute atomic E-state index is 12.5. The minimum absolute atomic E-state index is 0.0933. The van der Waals surface area contributed by atoms with Crippen LogP contribution in [0.2, 0.25) is 0 Å². The fourth-order valence-electron chi connectivity index (χ4n) is 2.72. The number of rotatable bonds is 1. The maximum atomic E-state index is 12.5. The molecule has 3 rings (SSSR count). The van der Waals surface area contributed by atoms with E-state index in [1.165, 1.54) is 0 Å². The number of hydrogen-bond acceptors (Lipinski definition) is 3. The molecule has 0 radical (unpaired) electrons. The molecule has 0 bridgehead atoms. The van der Waals surface area contributed by atoms with Gasteiger partial charge in [-0.2, -0.15) is 0 Å². The molecular formula is C14H18N4O. The minimum atomic E-state index is 0.0933. The smallest absolute Gasteiger partial charge is 0.255 e. The van der Waals surface area contributed by atoms with Crippen LogP contribution in [0.3, 0.4) is 0 Å².